The van der Waals surface area contributed by atoms with E-state index in [1.165, 1.54) is 0 Å². The Morgan fingerprint density at radius 3 is 3.05 bits per heavy atom. The quantitative estimate of drug-likeness (QED) is 0.830. The second kappa shape index (κ2) is 6.19. The van der Waals surface area contributed by atoms with Gasteiger partial charge in [-0.25, -0.2) is 0 Å². The summed E-state index contributed by atoms with van der Waals surface area (Å²) >= 11 is 0. The molecule has 2 rings (SSSR count). The maximum atomic E-state index is 12.5. The van der Waals surface area contributed by atoms with Crippen molar-refractivity contribution < 1.29 is 9.53 Å². The number of aromatic nitrogens is 2. The molecule has 1 saturated heterocycles. The maximum absolute atomic E-state index is 12.5. The molecule has 0 aliphatic carbocycles. The summed E-state index contributed by atoms with van der Waals surface area (Å²) in [6.07, 6.45) is 6.65. The minimum absolute atomic E-state index is 0.0143. The second-order valence-electron chi connectivity index (χ2n) is 5.28. The van der Waals surface area contributed by atoms with E-state index in [1.807, 2.05) is 20.3 Å². The molecule has 0 spiro atoms. The van der Waals surface area contributed by atoms with E-state index in [1.54, 1.807) is 15.8 Å². The molecule has 0 aromatic carbocycles. The van der Waals surface area contributed by atoms with E-state index in [9.17, 15) is 4.79 Å². The van der Waals surface area contributed by atoms with Crippen LogP contribution in [0.5, 0.6) is 0 Å². The molecule has 1 aliphatic heterocycles. The van der Waals surface area contributed by atoms with E-state index < -0.39 is 0 Å². The predicted octanol–water partition coefficient (Wildman–Crippen LogP) is 1.58. The SMILES string of the molecule is CC[C@H]1OCCC[C@H]1C(=O)N(C)Cc1cnn(C)c1. The van der Waals surface area contributed by atoms with Crippen molar-refractivity contribution in [2.45, 2.75) is 38.8 Å². The average Bonchev–Trinajstić information content (AvgIpc) is 2.83. The first-order valence-corrected chi connectivity index (χ1v) is 6.96. The standard InChI is InChI=1S/C14H23N3O2/c1-4-13-12(6-5-7-19-13)14(18)16(2)9-11-8-15-17(3)10-11/h8,10,12-13H,4-7,9H2,1-3H3/t12-,13-/m1/s1. The zero-order chi connectivity index (χ0) is 13.8. The number of hydrogen-bond donors (Lipinski definition) is 0. The molecule has 5 heteroatoms. The van der Waals surface area contributed by atoms with Gasteiger partial charge in [-0.3, -0.25) is 9.48 Å². The minimum atomic E-state index is 0.0143. The third-order valence-corrected chi connectivity index (χ3v) is 3.71. The fraction of sp³-hybridized carbons (Fsp3) is 0.714. The Morgan fingerprint density at radius 1 is 1.63 bits per heavy atom. The van der Waals surface area contributed by atoms with E-state index in [0.29, 0.717) is 6.54 Å². The normalized spacial score (nSPS) is 23.3. The Bertz CT molecular complexity index is 430. The maximum Gasteiger partial charge on any atom is 0.228 e. The van der Waals surface area contributed by atoms with Crippen molar-refractivity contribution >= 4 is 5.91 Å². The minimum Gasteiger partial charge on any atom is -0.377 e. The van der Waals surface area contributed by atoms with Crippen LogP contribution in [0, 0.1) is 5.92 Å². The van der Waals surface area contributed by atoms with Gasteiger partial charge in [0.2, 0.25) is 5.91 Å². The molecule has 2 atom stereocenters. The van der Waals surface area contributed by atoms with Gasteiger partial charge in [0.15, 0.2) is 0 Å². The van der Waals surface area contributed by atoms with Crippen molar-refractivity contribution in [2.24, 2.45) is 13.0 Å². The Balaban J connectivity index is 1.97. The number of hydrogen-bond acceptors (Lipinski definition) is 3. The number of rotatable bonds is 4. The molecule has 1 amide bonds. The first-order valence-electron chi connectivity index (χ1n) is 6.96. The number of nitrogens with zero attached hydrogens (tertiary/aromatic N) is 3. The lowest BCUT2D eigenvalue weighted by atomic mass is 9.91. The number of carbonyl (C=O) groups is 1. The summed E-state index contributed by atoms with van der Waals surface area (Å²) < 4.78 is 7.46. The van der Waals surface area contributed by atoms with Crippen LogP contribution in [0.1, 0.15) is 31.7 Å². The van der Waals surface area contributed by atoms with Gasteiger partial charge in [-0.15, -0.1) is 0 Å². The molecule has 0 saturated carbocycles. The summed E-state index contributed by atoms with van der Waals surface area (Å²) in [7, 11) is 3.74. The van der Waals surface area contributed by atoms with Crippen LogP contribution in [0.4, 0.5) is 0 Å². The Labute approximate surface area is 114 Å². The van der Waals surface area contributed by atoms with E-state index >= 15 is 0 Å². The van der Waals surface area contributed by atoms with Gasteiger partial charge in [0.1, 0.15) is 0 Å². The molecule has 1 aliphatic rings. The van der Waals surface area contributed by atoms with E-state index in [-0.39, 0.29) is 17.9 Å². The highest BCUT2D eigenvalue weighted by Gasteiger charge is 2.32. The number of ether oxygens (including phenoxy) is 1. The molecule has 19 heavy (non-hydrogen) atoms. The fourth-order valence-corrected chi connectivity index (χ4v) is 2.71. The first kappa shape index (κ1) is 14.1. The summed E-state index contributed by atoms with van der Waals surface area (Å²) in [5.41, 5.74) is 1.06. The van der Waals surface area contributed by atoms with Crippen LogP contribution < -0.4 is 0 Å². The highest BCUT2D eigenvalue weighted by Crippen LogP contribution is 2.25. The highest BCUT2D eigenvalue weighted by atomic mass is 16.5. The van der Waals surface area contributed by atoms with Gasteiger partial charge < -0.3 is 9.64 Å². The summed E-state index contributed by atoms with van der Waals surface area (Å²) in [4.78, 5) is 14.3. The smallest absolute Gasteiger partial charge is 0.228 e. The lowest BCUT2D eigenvalue weighted by molar-refractivity contribution is -0.144. The topological polar surface area (TPSA) is 47.4 Å². The zero-order valence-electron chi connectivity index (χ0n) is 12.0. The van der Waals surface area contributed by atoms with Crippen molar-refractivity contribution in [2.75, 3.05) is 13.7 Å². The molecule has 0 unspecified atom stereocenters. The van der Waals surface area contributed by atoms with Crippen LogP contribution in [-0.2, 0) is 23.1 Å². The van der Waals surface area contributed by atoms with Crippen molar-refractivity contribution in [3.8, 4) is 0 Å². The van der Waals surface area contributed by atoms with Crippen LogP contribution in [0.25, 0.3) is 0 Å². The van der Waals surface area contributed by atoms with Crippen molar-refractivity contribution in [3.63, 3.8) is 0 Å². The molecule has 0 bridgehead atoms. The number of amides is 1. The molecule has 0 radical (unpaired) electrons. The third kappa shape index (κ3) is 3.35. The number of aryl methyl sites for hydroxylation is 1. The molecule has 1 aromatic heterocycles. The fourth-order valence-electron chi connectivity index (χ4n) is 2.71. The van der Waals surface area contributed by atoms with Gasteiger partial charge in [0.05, 0.1) is 18.2 Å². The van der Waals surface area contributed by atoms with Crippen LogP contribution in [0.2, 0.25) is 0 Å². The lowest BCUT2D eigenvalue weighted by Crippen LogP contribution is -2.41. The highest BCUT2D eigenvalue weighted by molar-refractivity contribution is 5.79. The lowest BCUT2D eigenvalue weighted by Gasteiger charge is -2.32. The van der Waals surface area contributed by atoms with Crippen LogP contribution in [0.15, 0.2) is 12.4 Å². The Kier molecular flexibility index (Phi) is 4.58. The Morgan fingerprint density at radius 2 is 2.42 bits per heavy atom. The molecule has 1 aromatic rings. The molecule has 0 N–H and O–H groups in total. The van der Waals surface area contributed by atoms with Crippen molar-refractivity contribution in [1.29, 1.82) is 0 Å². The van der Waals surface area contributed by atoms with Crippen LogP contribution in [-0.4, -0.2) is 40.3 Å². The summed E-state index contributed by atoms with van der Waals surface area (Å²) in [6, 6.07) is 0. The van der Waals surface area contributed by atoms with Crippen LogP contribution >= 0.6 is 0 Å². The van der Waals surface area contributed by atoms with Crippen molar-refractivity contribution in [3.05, 3.63) is 18.0 Å². The summed E-state index contributed by atoms with van der Waals surface area (Å²) in [6.45, 7) is 3.48. The van der Waals surface area contributed by atoms with Crippen molar-refractivity contribution in [1.82, 2.24) is 14.7 Å². The monoisotopic (exact) mass is 265 g/mol. The van der Waals surface area contributed by atoms with Gasteiger partial charge in [-0.05, 0) is 19.3 Å². The average molecular weight is 265 g/mol. The van der Waals surface area contributed by atoms with E-state index in [2.05, 4.69) is 12.0 Å². The Hall–Kier alpha value is -1.36. The van der Waals surface area contributed by atoms with Crippen LogP contribution in [0.3, 0.4) is 0 Å². The van der Waals surface area contributed by atoms with Gasteiger partial charge >= 0.3 is 0 Å². The molecule has 2 heterocycles. The van der Waals surface area contributed by atoms with E-state index in [4.69, 9.17) is 4.74 Å². The molecule has 5 nitrogen and oxygen atoms in total. The predicted molar refractivity (Wildman–Crippen MR) is 72.4 cm³/mol. The van der Waals surface area contributed by atoms with Gasteiger partial charge in [-0.2, -0.15) is 5.10 Å². The largest absolute Gasteiger partial charge is 0.377 e. The second-order valence-corrected chi connectivity index (χ2v) is 5.28. The molecular weight excluding hydrogens is 242 g/mol. The zero-order valence-corrected chi connectivity index (χ0v) is 12.0. The molecule has 1 fully saturated rings. The van der Waals surface area contributed by atoms with Gasteiger partial charge in [0, 0.05) is 39.0 Å². The number of carbonyl (C=O) groups excluding carboxylic acids is 1. The molecule has 106 valence electrons. The van der Waals surface area contributed by atoms with E-state index in [0.717, 1.165) is 31.4 Å². The third-order valence-electron chi connectivity index (χ3n) is 3.71. The summed E-state index contributed by atoms with van der Waals surface area (Å²) in [5, 5.41) is 4.13. The van der Waals surface area contributed by atoms with Gasteiger partial charge in [0.25, 0.3) is 0 Å². The van der Waals surface area contributed by atoms with Gasteiger partial charge in [-0.1, -0.05) is 6.92 Å². The summed E-state index contributed by atoms with van der Waals surface area (Å²) in [5.74, 6) is 0.204. The molecular formula is C14H23N3O2. The first-order chi connectivity index (χ1) is 9.11.